The molecule has 110 valence electrons. The molecule has 1 aliphatic carbocycles. The van der Waals surface area contributed by atoms with Gasteiger partial charge in [0.15, 0.2) is 0 Å². The summed E-state index contributed by atoms with van der Waals surface area (Å²) in [7, 11) is 2.12. The van der Waals surface area contributed by atoms with Crippen LogP contribution in [0.15, 0.2) is 18.3 Å². The number of nitrogens with one attached hydrogen (secondary N) is 1. The van der Waals surface area contributed by atoms with Crippen molar-refractivity contribution in [1.29, 1.82) is 0 Å². The predicted molar refractivity (Wildman–Crippen MR) is 80.9 cm³/mol. The van der Waals surface area contributed by atoms with Crippen LogP contribution >= 0.6 is 0 Å². The average molecular weight is 275 g/mol. The van der Waals surface area contributed by atoms with Gasteiger partial charge in [0.2, 0.25) is 0 Å². The maximum atomic E-state index is 5.54. The first kappa shape index (κ1) is 13.8. The third-order valence-electron chi connectivity index (χ3n) is 4.16. The molecule has 1 N–H and O–H groups in total. The summed E-state index contributed by atoms with van der Waals surface area (Å²) < 4.78 is 5.54. The highest BCUT2D eigenvalue weighted by molar-refractivity contribution is 5.38. The SMILES string of the molecule is CN(CC1CCCOC1)c1ccc(CNC2CC2)cn1. The Bertz CT molecular complexity index is 410. The number of rotatable bonds is 6. The van der Waals surface area contributed by atoms with Crippen LogP contribution in [0, 0.1) is 5.92 Å². The van der Waals surface area contributed by atoms with Gasteiger partial charge in [-0.05, 0) is 43.2 Å². The minimum absolute atomic E-state index is 0.645. The van der Waals surface area contributed by atoms with Crippen LogP contribution in [-0.4, -0.2) is 37.8 Å². The first-order valence-electron chi connectivity index (χ1n) is 7.78. The highest BCUT2D eigenvalue weighted by atomic mass is 16.5. The summed E-state index contributed by atoms with van der Waals surface area (Å²) in [6, 6.07) is 5.07. The molecule has 1 aromatic heterocycles. The summed E-state index contributed by atoms with van der Waals surface area (Å²) in [5.74, 6) is 1.71. The van der Waals surface area contributed by atoms with E-state index in [9.17, 15) is 0 Å². The molecule has 0 amide bonds. The van der Waals surface area contributed by atoms with Crippen LogP contribution in [0.4, 0.5) is 5.82 Å². The van der Waals surface area contributed by atoms with Crippen molar-refractivity contribution in [2.45, 2.75) is 38.3 Å². The third-order valence-corrected chi connectivity index (χ3v) is 4.16. The maximum Gasteiger partial charge on any atom is 0.128 e. The standard InChI is InChI=1S/C16H25N3O/c1-19(11-14-3-2-8-20-12-14)16-7-4-13(10-18-16)9-17-15-5-6-15/h4,7,10,14-15,17H,2-3,5-6,8-9,11-12H2,1H3. The van der Waals surface area contributed by atoms with E-state index >= 15 is 0 Å². The molecule has 3 rings (SSSR count). The molecule has 1 atom stereocenters. The number of ether oxygens (including phenoxy) is 1. The summed E-state index contributed by atoms with van der Waals surface area (Å²) in [6.45, 7) is 3.81. The zero-order valence-corrected chi connectivity index (χ0v) is 12.3. The van der Waals surface area contributed by atoms with Gasteiger partial charge in [0, 0.05) is 39.0 Å². The monoisotopic (exact) mass is 275 g/mol. The van der Waals surface area contributed by atoms with Gasteiger partial charge < -0.3 is 15.0 Å². The van der Waals surface area contributed by atoms with E-state index in [0.29, 0.717) is 5.92 Å². The summed E-state index contributed by atoms with van der Waals surface area (Å²) in [4.78, 5) is 6.84. The topological polar surface area (TPSA) is 37.4 Å². The van der Waals surface area contributed by atoms with Gasteiger partial charge in [0.05, 0.1) is 6.61 Å². The number of nitrogens with zero attached hydrogens (tertiary/aromatic N) is 2. The molecule has 1 saturated carbocycles. The fraction of sp³-hybridized carbons (Fsp3) is 0.688. The van der Waals surface area contributed by atoms with E-state index in [4.69, 9.17) is 4.74 Å². The molecule has 0 spiro atoms. The maximum absolute atomic E-state index is 5.54. The van der Waals surface area contributed by atoms with Gasteiger partial charge in [-0.3, -0.25) is 0 Å². The molecule has 1 aliphatic heterocycles. The van der Waals surface area contributed by atoms with E-state index in [-0.39, 0.29) is 0 Å². The van der Waals surface area contributed by atoms with Crippen molar-refractivity contribution in [3.8, 4) is 0 Å². The van der Waals surface area contributed by atoms with E-state index < -0.39 is 0 Å². The van der Waals surface area contributed by atoms with Gasteiger partial charge in [-0.2, -0.15) is 0 Å². The molecule has 20 heavy (non-hydrogen) atoms. The molecule has 1 saturated heterocycles. The fourth-order valence-corrected chi connectivity index (χ4v) is 2.73. The number of anilines is 1. The van der Waals surface area contributed by atoms with E-state index in [0.717, 1.165) is 38.2 Å². The lowest BCUT2D eigenvalue weighted by Gasteiger charge is -2.27. The molecule has 1 unspecified atom stereocenters. The lowest BCUT2D eigenvalue weighted by atomic mass is 10.0. The predicted octanol–water partition coefficient (Wildman–Crippen LogP) is 2.20. The van der Waals surface area contributed by atoms with Crippen LogP contribution in [0.25, 0.3) is 0 Å². The van der Waals surface area contributed by atoms with E-state index in [1.807, 2.05) is 6.20 Å². The zero-order chi connectivity index (χ0) is 13.8. The van der Waals surface area contributed by atoms with Gasteiger partial charge in [0.1, 0.15) is 5.82 Å². The lowest BCUT2D eigenvalue weighted by molar-refractivity contribution is 0.0576. The van der Waals surface area contributed by atoms with Gasteiger partial charge in [-0.1, -0.05) is 6.07 Å². The first-order chi connectivity index (χ1) is 9.81. The summed E-state index contributed by atoms with van der Waals surface area (Å²) in [5.41, 5.74) is 1.27. The Labute approximate surface area is 121 Å². The van der Waals surface area contributed by atoms with Gasteiger partial charge in [0.25, 0.3) is 0 Å². The molecule has 4 heteroatoms. The van der Waals surface area contributed by atoms with Crippen molar-refractivity contribution in [1.82, 2.24) is 10.3 Å². The molecule has 0 bridgehead atoms. The van der Waals surface area contributed by atoms with Crippen LogP contribution in [0.1, 0.15) is 31.2 Å². The van der Waals surface area contributed by atoms with Gasteiger partial charge in [-0.15, -0.1) is 0 Å². The summed E-state index contributed by atoms with van der Waals surface area (Å²) in [5, 5.41) is 3.52. The quantitative estimate of drug-likeness (QED) is 0.863. The molecule has 2 heterocycles. The molecular weight excluding hydrogens is 250 g/mol. The Morgan fingerprint density at radius 3 is 2.90 bits per heavy atom. The first-order valence-corrected chi connectivity index (χ1v) is 7.78. The van der Waals surface area contributed by atoms with Crippen LogP contribution in [0.3, 0.4) is 0 Å². The van der Waals surface area contributed by atoms with Gasteiger partial charge >= 0.3 is 0 Å². The number of pyridine rings is 1. The third kappa shape index (κ3) is 3.93. The Kier molecular flexibility index (Phi) is 4.53. The minimum Gasteiger partial charge on any atom is -0.381 e. The Hall–Kier alpha value is -1.13. The van der Waals surface area contributed by atoms with Crippen molar-refractivity contribution < 1.29 is 4.74 Å². The number of hydrogen-bond acceptors (Lipinski definition) is 4. The molecule has 4 nitrogen and oxygen atoms in total. The zero-order valence-electron chi connectivity index (χ0n) is 12.3. The van der Waals surface area contributed by atoms with Crippen molar-refractivity contribution in [3.05, 3.63) is 23.9 Å². The number of aromatic nitrogens is 1. The Morgan fingerprint density at radius 1 is 1.35 bits per heavy atom. The molecule has 0 aromatic carbocycles. The summed E-state index contributed by atoms with van der Waals surface area (Å²) >= 11 is 0. The summed E-state index contributed by atoms with van der Waals surface area (Å²) in [6.07, 6.45) is 7.12. The van der Waals surface area contributed by atoms with Crippen molar-refractivity contribution in [2.75, 3.05) is 31.7 Å². The van der Waals surface area contributed by atoms with Crippen molar-refractivity contribution in [3.63, 3.8) is 0 Å². The second-order valence-corrected chi connectivity index (χ2v) is 6.14. The van der Waals surface area contributed by atoms with Crippen LogP contribution in [0.5, 0.6) is 0 Å². The molecular formula is C16H25N3O. The second-order valence-electron chi connectivity index (χ2n) is 6.14. The van der Waals surface area contributed by atoms with Crippen molar-refractivity contribution in [2.24, 2.45) is 5.92 Å². The minimum atomic E-state index is 0.645. The Balaban J connectivity index is 1.49. The molecule has 2 fully saturated rings. The fourth-order valence-electron chi connectivity index (χ4n) is 2.73. The van der Waals surface area contributed by atoms with Crippen molar-refractivity contribution >= 4 is 5.82 Å². The van der Waals surface area contributed by atoms with E-state index in [2.05, 4.69) is 34.4 Å². The van der Waals surface area contributed by atoms with Crippen LogP contribution in [-0.2, 0) is 11.3 Å². The normalized spacial score (nSPS) is 22.8. The van der Waals surface area contributed by atoms with E-state index in [1.54, 1.807) is 0 Å². The van der Waals surface area contributed by atoms with Crippen LogP contribution < -0.4 is 10.2 Å². The van der Waals surface area contributed by atoms with Crippen LogP contribution in [0.2, 0.25) is 0 Å². The molecule has 1 aromatic rings. The smallest absolute Gasteiger partial charge is 0.128 e. The molecule has 2 aliphatic rings. The molecule has 0 radical (unpaired) electrons. The number of hydrogen-bond donors (Lipinski definition) is 1. The highest BCUT2D eigenvalue weighted by Crippen LogP contribution is 2.20. The largest absolute Gasteiger partial charge is 0.381 e. The van der Waals surface area contributed by atoms with Gasteiger partial charge in [-0.25, -0.2) is 4.98 Å². The average Bonchev–Trinajstić information content (AvgIpc) is 3.31. The highest BCUT2D eigenvalue weighted by Gasteiger charge is 2.20. The second kappa shape index (κ2) is 6.55. The lowest BCUT2D eigenvalue weighted by Crippen LogP contribution is -2.31. The van der Waals surface area contributed by atoms with E-state index in [1.165, 1.54) is 31.2 Å². The Morgan fingerprint density at radius 2 is 2.25 bits per heavy atom.